The van der Waals surface area contributed by atoms with Crippen LogP contribution < -0.4 is 11.1 Å². The Morgan fingerprint density at radius 2 is 2.11 bits per heavy atom. The number of nitrogens with two attached hydrogens (primary N) is 1. The highest BCUT2D eigenvalue weighted by Gasteiger charge is 2.34. The van der Waals surface area contributed by atoms with Crippen molar-refractivity contribution in [3.05, 3.63) is 27.1 Å². The fourth-order valence-electron chi connectivity index (χ4n) is 1.30. The van der Waals surface area contributed by atoms with Gasteiger partial charge in [0, 0.05) is 8.95 Å². The molecule has 18 heavy (non-hydrogen) atoms. The minimum atomic E-state index is -0.836. The normalized spacial score (nSPS) is 13.8. The lowest BCUT2D eigenvalue weighted by Crippen LogP contribution is -2.43. The van der Waals surface area contributed by atoms with Gasteiger partial charge in [-0.1, -0.05) is 35.1 Å². The van der Waals surface area contributed by atoms with Gasteiger partial charge in [0.1, 0.15) is 0 Å². The van der Waals surface area contributed by atoms with Gasteiger partial charge in [-0.15, -0.1) is 0 Å². The van der Waals surface area contributed by atoms with Gasteiger partial charge in [-0.05, 0) is 47.5 Å². The molecule has 0 heterocycles. The second-order valence-electron chi connectivity index (χ2n) is 4.13. The third kappa shape index (κ3) is 3.30. The molecule has 1 aromatic rings. The SMILES string of the molecule is CCC(C)(C(=O)Nc1cc(Br)ccc1Br)C(N)=S. The largest absolute Gasteiger partial charge is 0.392 e. The molecule has 3 nitrogen and oxygen atoms in total. The first-order valence-electron chi connectivity index (χ1n) is 5.37. The summed E-state index contributed by atoms with van der Waals surface area (Å²) in [5.41, 5.74) is 5.50. The summed E-state index contributed by atoms with van der Waals surface area (Å²) in [7, 11) is 0. The van der Waals surface area contributed by atoms with Gasteiger partial charge in [-0.25, -0.2) is 0 Å². The molecule has 0 aromatic heterocycles. The Hall–Kier alpha value is -0.460. The molecule has 0 spiro atoms. The third-order valence-electron chi connectivity index (χ3n) is 2.93. The Bertz CT molecular complexity index is 493. The molecule has 98 valence electrons. The minimum Gasteiger partial charge on any atom is -0.392 e. The third-order valence-corrected chi connectivity index (χ3v) is 4.56. The number of thiocarbonyl (C=S) groups is 1. The molecule has 0 radical (unpaired) electrons. The van der Waals surface area contributed by atoms with E-state index >= 15 is 0 Å². The second kappa shape index (κ2) is 6.12. The van der Waals surface area contributed by atoms with E-state index in [4.69, 9.17) is 18.0 Å². The number of anilines is 1. The van der Waals surface area contributed by atoms with Crippen LogP contribution in [0.2, 0.25) is 0 Å². The van der Waals surface area contributed by atoms with Crippen LogP contribution in [-0.2, 0) is 4.79 Å². The Kier molecular flexibility index (Phi) is 5.31. The van der Waals surface area contributed by atoms with Crippen LogP contribution in [0.1, 0.15) is 20.3 Å². The molecule has 3 N–H and O–H groups in total. The van der Waals surface area contributed by atoms with E-state index in [0.717, 1.165) is 8.95 Å². The smallest absolute Gasteiger partial charge is 0.237 e. The van der Waals surface area contributed by atoms with Crippen LogP contribution in [-0.4, -0.2) is 10.9 Å². The zero-order valence-electron chi connectivity index (χ0n) is 10.1. The molecule has 0 fully saturated rings. The predicted molar refractivity (Wildman–Crippen MR) is 85.7 cm³/mol. The monoisotopic (exact) mass is 392 g/mol. The van der Waals surface area contributed by atoms with Crippen molar-refractivity contribution in [1.29, 1.82) is 0 Å². The number of rotatable bonds is 4. The van der Waals surface area contributed by atoms with Gasteiger partial charge >= 0.3 is 0 Å². The first-order valence-corrected chi connectivity index (χ1v) is 7.37. The van der Waals surface area contributed by atoms with Crippen molar-refractivity contribution < 1.29 is 4.79 Å². The lowest BCUT2D eigenvalue weighted by atomic mass is 9.86. The van der Waals surface area contributed by atoms with Crippen LogP contribution in [0.15, 0.2) is 27.1 Å². The van der Waals surface area contributed by atoms with E-state index in [1.165, 1.54) is 0 Å². The number of halogens is 2. The van der Waals surface area contributed by atoms with E-state index in [1.807, 2.05) is 25.1 Å². The standard InChI is InChI=1S/C12H14Br2N2OS/c1-3-12(2,10(15)18)11(17)16-9-6-7(13)4-5-8(9)14/h4-6H,3H2,1-2H3,(H2,15,18)(H,16,17). The highest BCUT2D eigenvalue weighted by Crippen LogP contribution is 2.29. The number of amides is 1. The van der Waals surface area contributed by atoms with E-state index in [-0.39, 0.29) is 10.9 Å². The first kappa shape index (κ1) is 15.6. The summed E-state index contributed by atoms with van der Waals surface area (Å²) >= 11 is 11.7. The van der Waals surface area contributed by atoms with Crippen LogP contribution in [0.3, 0.4) is 0 Å². The van der Waals surface area contributed by atoms with Crippen LogP contribution >= 0.6 is 44.1 Å². The molecule has 1 rings (SSSR count). The van der Waals surface area contributed by atoms with Crippen molar-refractivity contribution in [2.24, 2.45) is 11.1 Å². The molecule has 0 bridgehead atoms. The second-order valence-corrected chi connectivity index (χ2v) is 6.34. The van der Waals surface area contributed by atoms with Crippen LogP contribution in [0, 0.1) is 5.41 Å². The highest BCUT2D eigenvalue weighted by molar-refractivity contribution is 9.11. The van der Waals surface area contributed by atoms with Crippen LogP contribution in [0.4, 0.5) is 5.69 Å². The van der Waals surface area contributed by atoms with Crippen molar-refractivity contribution in [2.45, 2.75) is 20.3 Å². The molecule has 1 atom stereocenters. The van der Waals surface area contributed by atoms with E-state index in [1.54, 1.807) is 6.92 Å². The summed E-state index contributed by atoms with van der Waals surface area (Å²) < 4.78 is 1.69. The molecule has 1 amide bonds. The average Bonchev–Trinajstić information content (AvgIpc) is 2.32. The highest BCUT2D eigenvalue weighted by atomic mass is 79.9. The van der Waals surface area contributed by atoms with Crippen LogP contribution in [0.25, 0.3) is 0 Å². The van der Waals surface area contributed by atoms with Crippen LogP contribution in [0.5, 0.6) is 0 Å². The first-order chi connectivity index (χ1) is 8.31. The average molecular weight is 394 g/mol. The fraction of sp³-hybridized carbons (Fsp3) is 0.333. The summed E-state index contributed by atoms with van der Waals surface area (Å²) in [5, 5.41) is 2.84. The zero-order chi connectivity index (χ0) is 13.9. The summed E-state index contributed by atoms with van der Waals surface area (Å²) in [6.07, 6.45) is 0.555. The number of hydrogen-bond donors (Lipinski definition) is 2. The molecule has 0 saturated carbocycles. The van der Waals surface area contributed by atoms with Gasteiger partial charge in [-0.3, -0.25) is 4.79 Å². The van der Waals surface area contributed by atoms with E-state index < -0.39 is 5.41 Å². The van der Waals surface area contributed by atoms with E-state index in [9.17, 15) is 4.79 Å². The van der Waals surface area contributed by atoms with Crippen molar-refractivity contribution in [1.82, 2.24) is 0 Å². The molecule has 0 aliphatic heterocycles. The number of carbonyl (C=O) groups excluding carboxylic acids is 1. The van der Waals surface area contributed by atoms with Crippen molar-refractivity contribution in [2.75, 3.05) is 5.32 Å². The van der Waals surface area contributed by atoms with Gasteiger partial charge in [-0.2, -0.15) is 0 Å². The molecule has 0 aliphatic carbocycles. The maximum absolute atomic E-state index is 12.3. The van der Waals surface area contributed by atoms with Crippen molar-refractivity contribution in [3.8, 4) is 0 Å². The predicted octanol–water partition coefficient (Wildman–Crippen LogP) is 3.85. The number of carbonyl (C=O) groups is 1. The number of benzene rings is 1. The summed E-state index contributed by atoms with van der Waals surface area (Å²) in [6, 6.07) is 5.55. The maximum Gasteiger partial charge on any atom is 0.237 e. The molecule has 1 unspecified atom stereocenters. The van der Waals surface area contributed by atoms with Gasteiger partial charge < -0.3 is 11.1 Å². The Labute approximate surface area is 129 Å². The Balaban J connectivity index is 3.00. The molecular weight excluding hydrogens is 380 g/mol. The maximum atomic E-state index is 12.3. The molecule has 1 aromatic carbocycles. The summed E-state index contributed by atoms with van der Waals surface area (Å²) in [5.74, 6) is -0.198. The van der Waals surface area contributed by atoms with Gasteiger partial charge in [0.25, 0.3) is 0 Å². The number of nitrogens with one attached hydrogen (secondary N) is 1. The fourth-order valence-corrected chi connectivity index (χ4v) is 2.24. The molecule has 0 aliphatic rings. The van der Waals surface area contributed by atoms with Gasteiger partial charge in [0.2, 0.25) is 5.91 Å². The Morgan fingerprint density at radius 1 is 1.50 bits per heavy atom. The quantitative estimate of drug-likeness (QED) is 0.763. The van der Waals surface area contributed by atoms with E-state index in [0.29, 0.717) is 12.1 Å². The lowest BCUT2D eigenvalue weighted by Gasteiger charge is -2.25. The Morgan fingerprint density at radius 3 is 2.61 bits per heavy atom. The van der Waals surface area contributed by atoms with E-state index in [2.05, 4.69) is 37.2 Å². The number of hydrogen-bond acceptors (Lipinski definition) is 2. The zero-order valence-corrected chi connectivity index (χ0v) is 14.1. The molecule has 6 heteroatoms. The topological polar surface area (TPSA) is 55.1 Å². The lowest BCUT2D eigenvalue weighted by molar-refractivity contribution is -0.121. The molecular formula is C12H14Br2N2OS. The summed E-state index contributed by atoms with van der Waals surface area (Å²) in [6.45, 7) is 3.63. The van der Waals surface area contributed by atoms with Crippen molar-refractivity contribution in [3.63, 3.8) is 0 Å². The minimum absolute atomic E-state index is 0.198. The molecule has 0 saturated heterocycles. The van der Waals surface area contributed by atoms with Gasteiger partial charge in [0.15, 0.2) is 0 Å². The van der Waals surface area contributed by atoms with Gasteiger partial charge in [0.05, 0.1) is 16.1 Å². The summed E-state index contributed by atoms with van der Waals surface area (Å²) in [4.78, 5) is 12.5. The van der Waals surface area contributed by atoms with Crippen molar-refractivity contribution >= 4 is 60.7 Å².